The fourth-order valence-electron chi connectivity index (χ4n) is 2.22. The maximum Gasteiger partial charge on any atom is 0.287 e. The third-order valence-electron chi connectivity index (χ3n) is 3.49. The Kier molecular flexibility index (Phi) is 7.99. The lowest BCUT2D eigenvalue weighted by Crippen LogP contribution is -2.25. The molecule has 5 nitrogen and oxygen atoms in total. The molecule has 0 aliphatic carbocycles. The molecule has 0 saturated carbocycles. The molecule has 0 radical (unpaired) electrons. The fraction of sp³-hybridized carbons (Fsp3) is 0.389. The highest BCUT2D eigenvalue weighted by Gasteiger charge is 2.10. The van der Waals surface area contributed by atoms with E-state index < -0.39 is 0 Å². The summed E-state index contributed by atoms with van der Waals surface area (Å²) in [6, 6.07) is 7.65. The zero-order chi connectivity index (χ0) is 18.2. The molecule has 0 unspecified atom stereocenters. The Hall–Kier alpha value is -1.31. The Morgan fingerprint density at radius 3 is 2.72 bits per heavy atom. The van der Waals surface area contributed by atoms with Crippen LogP contribution < -0.4 is 10.1 Å². The molecule has 0 aliphatic rings. The first kappa shape index (κ1) is 20.0. The maximum atomic E-state index is 11.9. The van der Waals surface area contributed by atoms with Crippen LogP contribution in [0.5, 0.6) is 5.75 Å². The van der Waals surface area contributed by atoms with E-state index in [1.807, 2.05) is 32.3 Å². The van der Waals surface area contributed by atoms with Crippen LogP contribution in [-0.4, -0.2) is 44.6 Å². The van der Waals surface area contributed by atoms with Crippen molar-refractivity contribution >= 4 is 37.8 Å². The summed E-state index contributed by atoms with van der Waals surface area (Å²) in [4.78, 5) is 14.0. The number of benzene rings is 1. The van der Waals surface area contributed by atoms with Crippen LogP contribution in [-0.2, 0) is 6.42 Å². The van der Waals surface area contributed by atoms with E-state index in [1.54, 1.807) is 6.07 Å². The zero-order valence-electron chi connectivity index (χ0n) is 14.4. The van der Waals surface area contributed by atoms with Crippen LogP contribution in [0.25, 0.3) is 0 Å². The monoisotopic (exact) mass is 472 g/mol. The summed E-state index contributed by atoms with van der Waals surface area (Å²) in [7, 11) is 4.10. The molecule has 0 saturated heterocycles. The molecule has 0 spiro atoms. The predicted molar refractivity (Wildman–Crippen MR) is 105 cm³/mol. The molecule has 1 N–H and O–H groups in total. The SMILES string of the molecule is CN(C)CCCOc1ccc(CCNC(=O)c2cc(Br)co2)cc1Br. The number of hydrogen-bond acceptors (Lipinski definition) is 4. The van der Waals surface area contributed by atoms with Crippen LogP contribution in [0.2, 0.25) is 0 Å². The van der Waals surface area contributed by atoms with Crippen molar-refractivity contribution in [3.63, 3.8) is 0 Å². The van der Waals surface area contributed by atoms with E-state index >= 15 is 0 Å². The van der Waals surface area contributed by atoms with E-state index in [1.165, 1.54) is 6.26 Å². The van der Waals surface area contributed by atoms with Gasteiger partial charge in [0.2, 0.25) is 0 Å². The number of halogens is 2. The van der Waals surface area contributed by atoms with Crippen molar-refractivity contribution in [2.45, 2.75) is 12.8 Å². The number of carbonyl (C=O) groups excluding carboxylic acids is 1. The zero-order valence-corrected chi connectivity index (χ0v) is 17.5. The highest BCUT2D eigenvalue weighted by atomic mass is 79.9. The Labute approximate surface area is 165 Å². The lowest BCUT2D eigenvalue weighted by atomic mass is 10.1. The summed E-state index contributed by atoms with van der Waals surface area (Å²) in [5.41, 5.74) is 1.12. The summed E-state index contributed by atoms with van der Waals surface area (Å²) in [6.07, 6.45) is 3.20. The van der Waals surface area contributed by atoms with E-state index in [4.69, 9.17) is 9.15 Å². The molecule has 1 heterocycles. The molecular formula is C18H22Br2N2O3. The van der Waals surface area contributed by atoms with Crippen LogP contribution in [0.1, 0.15) is 22.5 Å². The Morgan fingerprint density at radius 2 is 2.08 bits per heavy atom. The van der Waals surface area contributed by atoms with Crippen LogP contribution >= 0.6 is 31.9 Å². The van der Waals surface area contributed by atoms with Gasteiger partial charge >= 0.3 is 0 Å². The lowest BCUT2D eigenvalue weighted by Gasteiger charge is -2.12. The molecule has 25 heavy (non-hydrogen) atoms. The molecule has 7 heteroatoms. The third-order valence-corrected chi connectivity index (χ3v) is 4.53. The van der Waals surface area contributed by atoms with Gasteiger partial charge in [-0.2, -0.15) is 0 Å². The molecule has 1 aromatic heterocycles. The average molecular weight is 474 g/mol. The maximum absolute atomic E-state index is 11.9. The van der Waals surface area contributed by atoms with E-state index in [0.29, 0.717) is 18.9 Å². The standard InChI is InChI=1S/C18H22Br2N2O3/c1-22(2)8-3-9-24-16-5-4-13(10-15(16)20)6-7-21-18(23)17-11-14(19)12-25-17/h4-5,10-12H,3,6-9H2,1-2H3,(H,21,23). The summed E-state index contributed by atoms with van der Waals surface area (Å²) < 4.78 is 12.6. The van der Waals surface area contributed by atoms with E-state index in [-0.39, 0.29) is 5.91 Å². The van der Waals surface area contributed by atoms with Crippen molar-refractivity contribution in [1.29, 1.82) is 0 Å². The van der Waals surface area contributed by atoms with Crippen molar-refractivity contribution < 1.29 is 13.9 Å². The molecule has 1 amide bonds. The Bertz CT molecular complexity index is 701. The van der Waals surface area contributed by atoms with Gasteiger partial charge in [-0.05, 0) is 76.5 Å². The number of furan rings is 1. The van der Waals surface area contributed by atoms with E-state index in [0.717, 1.165) is 39.6 Å². The Balaban J connectivity index is 1.77. The van der Waals surface area contributed by atoms with Gasteiger partial charge in [0.05, 0.1) is 15.6 Å². The largest absolute Gasteiger partial charge is 0.492 e. The minimum absolute atomic E-state index is 0.217. The van der Waals surface area contributed by atoms with E-state index in [9.17, 15) is 4.79 Å². The topological polar surface area (TPSA) is 54.7 Å². The van der Waals surface area contributed by atoms with Gasteiger partial charge in [0.15, 0.2) is 5.76 Å². The number of nitrogens with one attached hydrogen (secondary N) is 1. The van der Waals surface area contributed by atoms with Crippen LogP contribution in [0.4, 0.5) is 0 Å². The molecular weight excluding hydrogens is 452 g/mol. The first-order valence-corrected chi connectivity index (χ1v) is 9.62. The average Bonchev–Trinajstić information content (AvgIpc) is 2.99. The first-order chi connectivity index (χ1) is 12.0. The molecule has 2 aromatic rings. The number of carbonyl (C=O) groups is 1. The number of rotatable bonds is 9. The quantitative estimate of drug-likeness (QED) is 0.557. The summed E-state index contributed by atoms with van der Waals surface area (Å²) in [5, 5.41) is 2.84. The second-order valence-corrected chi connectivity index (χ2v) is 7.68. The van der Waals surface area contributed by atoms with Gasteiger partial charge in [0, 0.05) is 19.2 Å². The van der Waals surface area contributed by atoms with Gasteiger partial charge in [-0.1, -0.05) is 6.07 Å². The molecule has 0 aliphatic heterocycles. The van der Waals surface area contributed by atoms with Gasteiger partial charge in [0.1, 0.15) is 12.0 Å². The minimum Gasteiger partial charge on any atom is -0.492 e. The van der Waals surface area contributed by atoms with Gasteiger partial charge < -0.3 is 19.4 Å². The summed E-state index contributed by atoms with van der Waals surface area (Å²) >= 11 is 6.80. The highest BCUT2D eigenvalue weighted by Crippen LogP contribution is 2.26. The van der Waals surface area contributed by atoms with Crippen LogP contribution in [0.15, 0.2) is 43.9 Å². The number of ether oxygens (including phenoxy) is 1. The van der Waals surface area contributed by atoms with E-state index in [2.05, 4.69) is 42.1 Å². The van der Waals surface area contributed by atoms with Crippen molar-refractivity contribution in [2.24, 2.45) is 0 Å². The van der Waals surface area contributed by atoms with Crippen LogP contribution in [0, 0.1) is 0 Å². The van der Waals surface area contributed by atoms with Gasteiger partial charge in [0.25, 0.3) is 5.91 Å². The Morgan fingerprint density at radius 1 is 1.28 bits per heavy atom. The molecule has 0 atom stereocenters. The van der Waals surface area contributed by atoms with Crippen LogP contribution in [0.3, 0.4) is 0 Å². The van der Waals surface area contributed by atoms with Crippen molar-refractivity contribution in [1.82, 2.24) is 10.2 Å². The van der Waals surface area contributed by atoms with Crippen molar-refractivity contribution in [2.75, 3.05) is 33.8 Å². The summed E-state index contributed by atoms with van der Waals surface area (Å²) in [6.45, 7) is 2.22. The first-order valence-electron chi connectivity index (χ1n) is 8.04. The van der Waals surface area contributed by atoms with Gasteiger partial charge in [-0.3, -0.25) is 4.79 Å². The second-order valence-electron chi connectivity index (χ2n) is 5.91. The smallest absolute Gasteiger partial charge is 0.287 e. The summed E-state index contributed by atoms with van der Waals surface area (Å²) in [5.74, 6) is 0.923. The van der Waals surface area contributed by atoms with Crippen molar-refractivity contribution in [3.05, 3.63) is 50.8 Å². The van der Waals surface area contributed by atoms with Gasteiger partial charge in [-0.15, -0.1) is 0 Å². The molecule has 1 aromatic carbocycles. The minimum atomic E-state index is -0.217. The number of hydrogen-bond donors (Lipinski definition) is 1. The molecule has 136 valence electrons. The normalized spacial score (nSPS) is 10.9. The number of nitrogens with zero attached hydrogens (tertiary/aromatic N) is 1. The highest BCUT2D eigenvalue weighted by molar-refractivity contribution is 9.10. The van der Waals surface area contributed by atoms with Crippen molar-refractivity contribution in [3.8, 4) is 5.75 Å². The fourth-order valence-corrected chi connectivity index (χ4v) is 3.06. The predicted octanol–water partition coefficient (Wildman–Crippen LogP) is 4.11. The lowest BCUT2D eigenvalue weighted by molar-refractivity contribution is 0.0926. The number of amides is 1. The molecule has 0 bridgehead atoms. The third kappa shape index (κ3) is 6.84. The van der Waals surface area contributed by atoms with Gasteiger partial charge in [-0.25, -0.2) is 0 Å². The molecule has 0 fully saturated rings. The second kappa shape index (κ2) is 9.99. The molecule has 2 rings (SSSR count).